The number of amides is 2. The minimum absolute atomic E-state index is 0.0236. The molecule has 40 heavy (non-hydrogen) atoms. The molecule has 2 amide bonds. The average Bonchev–Trinajstić information content (AvgIpc) is 3.38. The lowest BCUT2D eigenvalue weighted by molar-refractivity contribution is -0.132. The summed E-state index contributed by atoms with van der Waals surface area (Å²) in [4.78, 5) is 32.6. The number of carbonyl (C=O) groups excluding carboxylic acids is 2. The summed E-state index contributed by atoms with van der Waals surface area (Å²) in [6.45, 7) is 5.82. The Labute approximate surface area is 235 Å². The van der Waals surface area contributed by atoms with Gasteiger partial charge in [0.05, 0.1) is 18.9 Å². The molecule has 0 N–H and O–H groups in total. The zero-order valence-corrected chi connectivity index (χ0v) is 23.3. The van der Waals surface area contributed by atoms with Crippen molar-refractivity contribution in [3.63, 3.8) is 0 Å². The summed E-state index contributed by atoms with van der Waals surface area (Å²) in [6.07, 6.45) is 2.63. The van der Waals surface area contributed by atoms with Gasteiger partial charge in [-0.25, -0.2) is 0 Å². The van der Waals surface area contributed by atoms with Crippen molar-refractivity contribution in [3.8, 4) is 17.0 Å². The SMILES string of the molecule is COc1ccc(C(=O)N(CC(=O)N2CCCN(c3ccc(-c4ccc(C)cc4)nn3)CC2)CC2CCCO2)cc1. The number of aryl methyl sites for hydroxylation is 1. The van der Waals surface area contributed by atoms with E-state index in [9.17, 15) is 9.59 Å². The van der Waals surface area contributed by atoms with Crippen LogP contribution in [-0.2, 0) is 9.53 Å². The Morgan fingerprint density at radius 1 is 0.950 bits per heavy atom. The second kappa shape index (κ2) is 12.9. The number of hydrogen-bond donors (Lipinski definition) is 0. The molecule has 0 bridgehead atoms. The van der Waals surface area contributed by atoms with Crippen LogP contribution in [-0.4, -0.2) is 90.9 Å². The van der Waals surface area contributed by atoms with Crippen LogP contribution in [0.5, 0.6) is 5.75 Å². The van der Waals surface area contributed by atoms with Gasteiger partial charge in [-0.05, 0) is 62.6 Å². The highest BCUT2D eigenvalue weighted by molar-refractivity contribution is 5.96. The minimum atomic E-state index is -0.174. The molecule has 5 rings (SSSR count). The van der Waals surface area contributed by atoms with Crippen molar-refractivity contribution < 1.29 is 19.1 Å². The predicted octanol–water partition coefficient (Wildman–Crippen LogP) is 3.82. The molecular weight excluding hydrogens is 506 g/mol. The van der Waals surface area contributed by atoms with Crippen LogP contribution in [0.4, 0.5) is 5.82 Å². The Morgan fingerprint density at radius 2 is 1.75 bits per heavy atom. The van der Waals surface area contributed by atoms with Gasteiger partial charge in [-0.2, -0.15) is 0 Å². The van der Waals surface area contributed by atoms with Crippen LogP contribution in [0, 0.1) is 6.92 Å². The Morgan fingerprint density at radius 3 is 2.42 bits per heavy atom. The standard InChI is InChI=1S/C31H37N5O4/c1-23-6-8-24(9-7-23)28-14-15-29(33-32-28)34-16-4-17-35(19-18-34)30(37)22-36(21-27-5-3-20-40-27)31(38)25-10-12-26(39-2)13-11-25/h6-15,27H,3-5,16-22H2,1-2H3. The first kappa shape index (κ1) is 27.6. The summed E-state index contributed by atoms with van der Waals surface area (Å²) in [5, 5.41) is 8.93. The summed E-state index contributed by atoms with van der Waals surface area (Å²) >= 11 is 0. The topological polar surface area (TPSA) is 88.1 Å². The number of methoxy groups -OCH3 is 1. The maximum Gasteiger partial charge on any atom is 0.254 e. The van der Waals surface area contributed by atoms with E-state index < -0.39 is 0 Å². The van der Waals surface area contributed by atoms with Crippen LogP contribution in [0.3, 0.4) is 0 Å². The lowest BCUT2D eigenvalue weighted by Gasteiger charge is -2.28. The second-order valence-electron chi connectivity index (χ2n) is 10.4. The first-order valence-electron chi connectivity index (χ1n) is 14.0. The molecule has 2 aliphatic rings. The third-order valence-electron chi connectivity index (χ3n) is 7.57. The first-order valence-corrected chi connectivity index (χ1v) is 14.0. The molecule has 210 valence electrons. The molecule has 2 saturated heterocycles. The number of rotatable bonds is 8. The third-order valence-corrected chi connectivity index (χ3v) is 7.57. The van der Waals surface area contributed by atoms with E-state index in [2.05, 4.69) is 46.3 Å². The minimum Gasteiger partial charge on any atom is -0.497 e. The molecule has 9 nitrogen and oxygen atoms in total. The van der Waals surface area contributed by atoms with Crippen LogP contribution < -0.4 is 9.64 Å². The van der Waals surface area contributed by atoms with Crippen molar-refractivity contribution >= 4 is 17.6 Å². The Bertz CT molecular complexity index is 1270. The molecule has 0 radical (unpaired) electrons. The van der Waals surface area contributed by atoms with Gasteiger partial charge in [0.1, 0.15) is 12.3 Å². The second-order valence-corrected chi connectivity index (χ2v) is 10.4. The van der Waals surface area contributed by atoms with Gasteiger partial charge in [0.25, 0.3) is 5.91 Å². The summed E-state index contributed by atoms with van der Waals surface area (Å²) < 4.78 is 11.0. The fourth-order valence-electron chi connectivity index (χ4n) is 5.20. The Hall–Kier alpha value is -3.98. The van der Waals surface area contributed by atoms with Crippen LogP contribution in [0.25, 0.3) is 11.3 Å². The van der Waals surface area contributed by atoms with Gasteiger partial charge in [-0.1, -0.05) is 29.8 Å². The fourth-order valence-corrected chi connectivity index (χ4v) is 5.20. The smallest absolute Gasteiger partial charge is 0.254 e. The largest absolute Gasteiger partial charge is 0.497 e. The van der Waals surface area contributed by atoms with Crippen LogP contribution >= 0.6 is 0 Å². The van der Waals surface area contributed by atoms with Crippen molar-refractivity contribution in [1.82, 2.24) is 20.0 Å². The van der Waals surface area contributed by atoms with Crippen LogP contribution in [0.2, 0.25) is 0 Å². The van der Waals surface area contributed by atoms with Gasteiger partial charge in [-0.15, -0.1) is 10.2 Å². The van der Waals surface area contributed by atoms with Crippen molar-refractivity contribution in [2.24, 2.45) is 0 Å². The van der Waals surface area contributed by atoms with Crippen molar-refractivity contribution in [3.05, 3.63) is 71.8 Å². The molecule has 2 aliphatic heterocycles. The van der Waals surface area contributed by atoms with Gasteiger partial charge >= 0.3 is 0 Å². The average molecular weight is 544 g/mol. The molecule has 1 atom stereocenters. The summed E-state index contributed by atoms with van der Waals surface area (Å²) in [5.41, 5.74) is 3.61. The lowest BCUT2D eigenvalue weighted by atomic mass is 10.1. The van der Waals surface area contributed by atoms with Gasteiger partial charge in [0.15, 0.2) is 5.82 Å². The zero-order chi connectivity index (χ0) is 27.9. The van der Waals surface area contributed by atoms with E-state index in [4.69, 9.17) is 9.47 Å². The molecule has 1 aromatic heterocycles. The highest BCUT2D eigenvalue weighted by Gasteiger charge is 2.28. The van der Waals surface area contributed by atoms with Crippen LogP contribution in [0.1, 0.15) is 35.2 Å². The molecule has 3 heterocycles. The number of hydrogen-bond acceptors (Lipinski definition) is 7. The molecule has 9 heteroatoms. The highest BCUT2D eigenvalue weighted by Crippen LogP contribution is 2.21. The predicted molar refractivity (Wildman–Crippen MR) is 153 cm³/mol. The zero-order valence-electron chi connectivity index (χ0n) is 23.3. The normalized spacial score (nSPS) is 17.4. The van der Waals surface area contributed by atoms with Crippen molar-refractivity contribution in [2.75, 3.05) is 57.9 Å². The molecule has 2 fully saturated rings. The van der Waals surface area contributed by atoms with E-state index in [0.717, 1.165) is 42.9 Å². The number of ether oxygens (including phenoxy) is 2. The van der Waals surface area contributed by atoms with E-state index >= 15 is 0 Å². The van der Waals surface area contributed by atoms with Gasteiger partial charge in [0, 0.05) is 50.5 Å². The van der Waals surface area contributed by atoms with Crippen LogP contribution in [0.15, 0.2) is 60.7 Å². The quantitative estimate of drug-likeness (QED) is 0.427. The maximum atomic E-state index is 13.5. The van der Waals surface area contributed by atoms with E-state index in [1.807, 2.05) is 17.0 Å². The molecule has 0 spiro atoms. The number of benzene rings is 2. The maximum absolute atomic E-state index is 13.5. The first-order chi connectivity index (χ1) is 19.5. The number of nitrogens with zero attached hydrogens (tertiary/aromatic N) is 5. The van der Waals surface area contributed by atoms with Gasteiger partial charge in [0.2, 0.25) is 5.91 Å². The molecule has 0 aliphatic carbocycles. The van der Waals surface area contributed by atoms with Crippen molar-refractivity contribution in [2.45, 2.75) is 32.3 Å². The Balaban J connectivity index is 1.22. The number of anilines is 1. The molecule has 3 aromatic rings. The van der Waals surface area contributed by atoms with Crippen molar-refractivity contribution in [1.29, 1.82) is 0 Å². The summed E-state index contributed by atoms with van der Waals surface area (Å²) in [6, 6.07) is 19.2. The number of aromatic nitrogens is 2. The van der Waals surface area contributed by atoms with E-state index in [0.29, 0.717) is 44.1 Å². The van der Waals surface area contributed by atoms with E-state index in [1.165, 1.54) is 5.56 Å². The van der Waals surface area contributed by atoms with E-state index in [1.54, 1.807) is 36.3 Å². The summed E-state index contributed by atoms with van der Waals surface area (Å²) in [7, 11) is 1.59. The van der Waals surface area contributed by atoms with Gasteiger partial charge in [-0.3, -0.25) is 9.59 Å². The monoisotopic (exact) mass is 543 g/mol. The fraction of sp³-hybridized carbons (Fsp3) is 0.419. The molecule has 0 saturated carbocycles. The molecular formula is C31H37N5O4. The number of carbonyl (C=O) groups is 2. The Kier molecular flexibility index (Phi) is 8.91. The van der Waals surface area contributed by atoms with E-state index in [-0.39, 0.29) is 24.5 Å². The molecule has 1 unspecified atom stereocenters. The highest BCUT2D eigenvalue weighted by atomic mass is 16.5. The third kappa shape index (κ3) is 6.77. The lowest BCUT2D eigenvalue weighted by Crippen LogP contribution is -2.46. The molecule has 2 aromatic carbocycles. The summed E-state index contributed by atoms with van der Waals surface area (Å²) in [5.74, 6) is 1.26. The van der Waals surface area contributed by atoms with Gasteiger partial charge < -0.3 is 24.2 Å².